The molecule has 1 saturated heterocycles. The lowest BCUT2D eigenvalue weighted by Gasteiger charge is -2.34. The maximum Gasteiger partial charge on any atom is 0.253 e. The van der Waals surface area contributed by atoms with Gasteiger partial charge >= 0.3 is 0 Å². The van der Waals surface area contributed by atoms with E-state index in [-0.39, 0.29) is 5.91 Å². The molecule has 0 N–H and O–H groups in total. The van der Waals surface area contributed by atoms with Crippen molar-refractivity contribution in [2.24, 2.45) is 0 Å². The Morgan fingerprint density at radius 2 is 1.88 bits per heavy atom. The molecule has 6 heteroatoms. The monoisotopic (exact) mass is 328 g/mol. The van der Waals surface area contributed by atoms with Gasteiger partial charge in [0, 0.05) is 50.7 Å². The van der Waals surface area contributed by atoms with Gasteiger partial charge in [0.05, 0.1) is 13.2 Å². The minimum absolute atomic E-state index is 0.102. The molecular weight excluding hydrogens is 304 g/mol. The first-order valence-corrected chi connectivity index (χ1v) is 8.48. The van der Waals surface area contributed by atoms with Crippen molar-refractivity contribution < 1.29 is 9.53 Å². The van der Waals surface area contributed by atoms with E-state index in [9.17, 15) is 4.79 Å². The van der Waals surface area contributed by atoms with Crippen LogP contribution in [-0.2, 0) is 6.54 Å². The molecule has 0 aliphatic carbocycles. The van der Waals surface area contributed by atoms with Crippen LogP contribution in [0, 0.1) is 0 Å². The van der Waals surface area contributed by atoms with Crippen LogP contribution in [0.1, 0.15) is 17.3 Å². The Balaban J connectivity index is 1.47. The number of nitrogens with zero attached hydrogens (tertiary/aromatic N) is 4. The zero-order chi connectivity index (χ0) is 16.8. The van der Waals surface area contributed by atoms with Gasteiger partial charge in [0.2, 0.25) is 0 Å². The number of hydrogen-bond acceptors (Lipinski definition) is 4. The second kappa shape index (κ2) is 7.97. The van der Waals surface area contributed by atoms with Crippen LogP contribution in [-0.4, -0.2) is 64.8 Å². The summed E-state index contributed by atoms with van der Waals surface area (Å²) in [6, 6.07) is 9.34. The van der Waals surface area contributed by atoms with Gasteiger partial charge in [-0.05, 0) is 37.3 Å². The van der Waals surface area contributed by atoms with Gasteiger partial charge in [-0.15, -0.1) is 0 Å². The Kier molecular flexibility index (Phi) is 5.48. The molecule has 0 bridgehead atoms. The third-order valence-corrected chi connectivity index (χ3v) is 4.28. The molecule has 1 amide bonds. The molecule has 0 radical (unpaired) electrons. The quantitative estimate of drug-likeness (QED) is 0.810. The lowest BCUT2D eigenvalue weighted by atomic mass is 10.1. The van der Waals surface area contributed by atoms with Crippen molar-refractivity contribution in [3.63, 3.8) is 0 Å². The van der Waals surface area contributed by atoms with E-state index in [0.29, 0.717) is 6.61 Å². The lowest BCUT2D eigenvalue weighted by Crippen LogP contribution is -2.49. The molecular formula is C18H24N4O2. The molecule has 1 aromatic carbocycles. The number of carbonyl (C=O) groups excluding carboxylic acids is 1. The average molecular weight is 328 g/mol. The van der Waals surface area contributed by atoms with E-state index in [1.807, 2.05) is 53.0 Å². The summed E-state index contributed by atoms with van der Waals surface area (Å²) in [5.41, 5.74) is 0.725. The standard InChI is InChI=1S/C18H24N4O2/c1-2-24-17-6-4-16(5-7-17)18(23)21-13-10-20(11-14-21)12-15-22-9-3-8-19-22/h3-9H,2,10-15H2,1H3. The highest BCUT2D eigenvalue weighted by Crippen LogP contribution is 2.15. The summed E-state index contributed by atoms with van der Waals surface area (Å²) < 4.78 is 7.36. The number of aromatic nitrogens is 2. The third kappa shape index (κ3) is 4.14. The van der Waals surface area contributed by atoms with Crippen LogP contribution >= 0.6 is 0 Å². The fraction of sp³-hybridized carbons (Fsp3) is 0.444. The SMILES string of the molecule is CCOc1ccc(C(=O)N2CCN(CCn3cccn3)CC2)cc1. The van der Waals surface area contributed by atoms with Crippen molar-refractivity contribution in [2.75, 3.05) is 39.3 Å². The lowest BCUT2D eigenvalue weighted by molar-refractivity contribution is 0.0632. The number of hydrogen-bond donors (Lipinski definition) is 0. The Bertz CT molecular complexity index is 632. The molecule has 3 rings (SSSR count). The Morgan fingerprint density at radius 3 is 2.50 bits per heavy atom. The fourth-order valence-electron chi connectivity index (χ4n) is 2.89. The van der Waals surface area contributed by atoms with E-state index in [1.54, 1.807) is 6.20 Å². The first-order chi connectivity index (χ1) is 11.8. The first kappa shape index (κ1) is 16.5. The predicted molar refractivity (Wildman–Crippen MR) is 92.2 cm³/mol. The summed E-state index contributed by atoms with van der Waals surface area (Å²) in [5.74, 6) is 0.905. The Labute approximate surface area is 142 Å². The van der Waals surface area contributed by atoms with Gasteiger partial charge in [0.1, 0.15) is 5.75 Å². The summed E-state index contributed by atoms with van der Waals surface area (Å²) in [4.78, 5) is 16.9. The molecule has 2 heterocycles. The van der Waals surface area contributed by atoms with E-state index >= 15 is 0 Å². The normalized spacial score (nSPS) is 15.5. The highest BCUT2D eigenvalue weighted by Gasteiger charge is 2.21. The van der Waals surface area contributed by atoms with Crippen LogP contribution < -0.4 is 4.74 Å². The van der Waals surface area contributed by atoms with Gasteiger partial charge in [-0.1, -0.05) is 0 Å². The van der Waals surface area contributed by atoms with Crippen LogP contribution in [0.2, 0.25) is 0 Å². The van der Waals surface area contributed by atoms with Crippen molar-refractivity contribution in [1.82, 2.24) is 19.6 Å². The van der Waals surface area contributed by atoms with E-state index in [0.717, 1.165) is 50.6 Å². The summed E-state index contributed by atoms with van der Waals surface area (Å²) >= 11 is 0. The molecule has 128 valence electrons. The molecule has 1 aliphatic rings. The molecule has 0 spiro atoms. The maximum atomic E-state index is 12.6. The number of benzene rings is 1. The second-order valence-electron chi connectivity index (χ2n) is 5.86. The molecule has 2 aromatic rings. The highest BCUT2D eigenvalue weighted by atomic mass is 16.5. The van der Waals surface area contributed by atoms with Crippen molar-refractivity contribution in [1.29, 1.82) is 0 Å². The van der Waals surface area contributed by atoms with Gasteiger partial charge in [-0.25, -0.2) is 0 Å². The summed E-state index contributed by atoms with van der Waals surface area (Å²) in [5, 5.41) is 4.22. The Morgan fingerprint density at radius 1 is 1.12 bits per heavy atom. The van der Waals surface area contributed by atoms with Crippen molar-refractivity contribution >= 4 is 5.91 Å². The number of ether oxygens (including phenoxy) is 1. The van der Waals surface area contributed by atoms with Crippen molar-refractivity contribution in [3.05, 3.63) is 48.3 Å². The van der Waals surface area contributed by atoms with Gasteiger partial charge in [-0.2, -0.15) is 5.10 Å². The van der Waals surface area contributed by atoms with Gasteiger partial charge in [0.25, 0.3) is 5.91 Å². The number of carbonyl (C=O) groups is 1. The Hall–Kier alpha value is -2.34. The van der Waals surface area contributed by atoms with Gasteiger partial charge in [-0.3, -0.25) is 14.4 Å². The molecule has 0 unspecified atom stereocenters. The topological polar surface area (TPSA) is 50.6 Å². The molecule has 1 fully saturated rings. The minimum atomic E-state index is 0.102. The third-order valence-electron chi connectivity index (χ3n) is 4.28. The van der Waals surface area contributed by atoms with Crippen LogP contribution in [0.5, 0.6) is 5.75 Å². The smallest absolute Gasteiger partial charge is 0.253 e. The second-order valence-corrected chi connectivity index (χ2v) is 5.86. The van der Waals surface area contributed by atoms with Crippen molar-refractivity contribution in [2.45, 2.75) is 13.5 Å². The zero-order valence-electron chi connectivity index (χ0n) is 14.1. The van der Waals surface area contributed by atoms with E-state index in [4.69, 9.17) is 4.74 Å². The number of rotatable bonds is 6. The highest BCUT2D eigenvalue weighted by molar-refractivity contribution is 5.94. The van der Waals surface area contributed by atoms with Gasteiger partial charge < -0.3 is 9.64 Å². The molecule has 1 aliphatic heterocycles. The zero-order valence-corrected chi connectivity index (χ0v) is 14.1. The van der Waals surface area contributed by atoms with Crippen LogP contribution in [0.4, 0.5) is 0 Å². The molecule has 0 atom stereocenters. The van der Waals surface area contributed by atoms with Crippen LogP contribution in [0.25, 0.3) is 0 Å². The van der Waals surface area contributed by atoms with Crippen molar-refractivity contribution in [3.8, 4) is 5.75 Å². The largest absolute Gasteiger partial charge is 0.494 e. The minimum Gasteiger partial charge on any atom is -0.494 e. The van der Waals surface area contributed by atoms with Gasteiger partial charge in [0.15, 0.2) is 0 Å². The average Bonchev–Trinajstić information content (AvgIpc) is 3.14. The van der Waals surface area contributed by atoms with Crippen LogP contribution in [0.3, 0.4) is 0 Å². The van der Waals surface area contributed by atoms with Crippen LogP contribution in [0.15, 0.2) is 42.7 Å². The summed E-state index contributed by atoms with van der Waals surface area (Å²) in [7, 11) is 0. The molecule has 1 aromatic heterocycles. The fourth-order valence-corrected chi connectivity index (χ4v) is 2.89. The number of amides is 1. The molecule has 6 nitrogen and oxygen atoms in total. The molecule has 24 heavy (non-hydrogen) atoms. The first-order valence-electron chi connectivity index (χ1n) is 8.48. The predicted octanol–water partition coefficient (Wildman–Crippen LogP) is 1.74. The van der Waals surface area contributed by atoms with E-state index in [1.165, 1.54) is 0 Å². The van der Waals surface area contributed by atoms with E-state index < -0.39 is 0 Å². The summed E-state index contributed by atoms with van der Waals surface area (Å²) in [6.07, 6.45) is 3.78. The van der Waals surface area contributed by atoms with E-state index in [2.05, 4.69) is 10.00 Å². The number of piperazine rings is 1. The molecule has 0 saturated carbocycles. The summed E-state index contributed by atoms with van der Waals surface area (Å²) in [6.45, 7) is 7.79. The maximum absolute atomic E-state index is 12.6.